The van der Waals surface area contributed by atoms with Crippen molar-refractivity contribution in [3.63, 3.8) is 0 Å². The van der Waals surface area contributed by atoms with Gasteiger partial charge in [0.25, 0.3) is 0 Å². The lowest BCUT2D eigenvalue weighted by Crippen LogP contribution is -2.35. The first-order chi connectivity index (χ1) is 9.50. The molecule has 0 saturated heterocycles. The molecule has 2 N–H and O–H groups in total. The number of carboxylic acid groups (broad SMARTS) is 1. The minimum atomic E-state index is -0.948. The van der Waals surface area contributed by atoms with E-state index >= 15 is 0 Å². The number of carbonyl (C=O) groups excluding carboxylic acids is 1. The van der Waals surface area contributed by atoms with Gasteiger partial charge in [-0.05, 0) is 18.9 Å². The smallest absolute Gasteiger partial charge is 0.307 e. The third-order valence-electron chi connectivity index (χ3n) is 3.65. The van der Waals surface area contributed by atoms with Gasteiger partial charge in [-0.15, -0.1) is 0 Å². The van der Waals surface area contributed by atoms with Crippen LogP contribution in [-0.4, -0.2) is 17.0 Å². The standard InChI is InChI=1S/C14H15ClFNO3/c15-11-6-1-3-8(12(11)16)7-17-13(18)9-4-2-5-10(9)14(19)20/h1,3,6,9-10H,2,4-5,7H2,(H,17,18)(H,19,20). The number of halogens is 2. The van der Waals surface area contributed by atoms with Crippen LogP contribution in [0.25, 0.3) is 0 Å². The normalized spacial score (nSPS) is 21.7. The Morgan fingerprint density at radius 2 is 2.05 bits per heavy atom. The maximum atomic E-state index is 13.7. The Morgan fingerprint density at radius 1 is 1.35 bits per heavy atom. The Balaban J connectivity index is 1.98. The summed E-state index contributed by atoms with van der Waals surface area (Å²) in [5, 5.41) is 11.6. The number of nitrogens with one attached hydrogen (secondary N) is 1. The van der Waals surface area contributed by atoms with Gasteiger partial charge in [0.15, 0.2) is 0 Å². The molecule has 4 nitrogen and oxygen atoms in total. The van der Waals surface area contributed by atoms with Gasteiger partial charge in [-0.2, -0.15) is 0 Å². The quantitative estimate of drug-likeness (QED) is 0.898. The molecule has 0 heterocycles. The Hall–Kier alpha value is -1.62. The van der Waals surface area contributed by atoms with Crippen molar-refractivity contribution in [3.05, 3.63) is 34.6 Å². The molecule has 20 heavy (non-hydrogen) atoms. The number of hydrogen-bond acceptors (Lipinski definition) is 2. The van der Waals surface area contributed by atoms with Crippen molar-refractivity contribution in [1.29, 1.82) is 0 Å². The average molecular weight is 300 g/mol. The largest absolute Gasteiger partial charge is 0.481 e. The molecule has 0 radical (unpaired) electrons. The van der Waals surface area contributed by atoms with Gasteiger partial charge in [0.1, 0.15) is 5.82 Å². The maximum Gasteiger partial charge on any atom is 0.307 e. The van der Waals surface area contributed by atoms with Gasteiger partial charge < -0.3 is 10.4 Å². The van der Waals surface area contributed by atoms with Gasteiger partial charge in [0, 0.05) is 12.1 Å². The lowest BCUT2D eigenvalue weighted by atomic mass is 9.95. The fourth-order valence-corrected chi connectivity index (χ4v) is 2.76. The predicted molar refractivity (Wildman–Crippen MR) is 71.7 cm³/mol. The third-order valence-corrected chi connectivity index (χ3v) is 3.95. The number of rotatable bonds is 4. The molecule has 108 valence electrons. The summed E-state index contributed by atoms with van der Waals surface area (Å²) in [6, 6.07) is 4.56. The van der Waals surface area contributed by atoms with E-state index in [-0.39, 0.29) is 23.0 Å². The molecule has 2 rings (SSSR count). The second-order valence-corrected chi connectivity index (χ2v) is 5.32. The zero-order valence-corrected chi connectivity index (χ0v) is 11.5. The van der Waals surface area contributed by atoms with Crippen LogP contribution in [0, 0.1) is 17.7 Å². The molecule has 1 aliphatic carbocycles. The molecule has 1 fully saturated rings. The molecule has 2 atom stereocenters. The van der Waals surface area contributed by atoms with Crippen molar-refractivity contribution >= 4 is 23.5 Å². The highest BCUT2D eigenvalue weighted by Crippen LogP contribution is 2.32. The third kappa shape index (κ3) is 3.10. The maximum absolute atomic E-state index is 13.7. The van der Waals surface area contributed by atoms with Crippen LogP contribution in [0.1, 0.15) is 24.8 Å². The van der Waals surface area contributed by atoms with E-state index in [0.717, 1.165) is 6.42 Å². The first-order valence-corrected chi connectivity index (χ1v) is 6.82. The van der Waals surface area contributed by atoms with Crippen molar-refractivity contribution < 1.29 is 19.1 Å². The first-order valence-electron chi connectivity index (χ1n) is 6.44. The fraction of sp³-hybridized carbons (Fsp3) is 0.429. The van der Waals surface area contributed by atoms with Gasteiger partial charge in [-0.3, -0.25) is 9.59 Å². The zero-order valence-electron chi connectivity index (χ0n) is 10.7. The van der Waals surface area contributed by atoms with Crippen molar-refractivity contribution in [3.8, 4) is 0 Å². The van der Waals surface area contributed by atoms with E-state index in [9.17, 15) is 14.0 Å². The van der Waals surface area contributed by atoms with Gasteiger partial charge in [0.05, 0.1) is 16.9 Å². The Bertz CT molecular complexity index is 535. The van der Waals surface area contributed by atoms with Crippen LogP contribution in [0.4, 0.5) is 4.39 Å². The van der Waals surface area contributed by atoms with E-state index < -0.39 is 23.6 Å². The van der Waals surface area contributed by atoms with Crippen LogP contribution >= 0.6 is 11.6 Å². The van der Waals surface area contributed by atoms with Crippen LogP contribution in [0.2, 0.25) is 5.02 Å². The summed E-state index contributed by atoms with van der Waals surface area (Å²) < 4.78 is 13.7. The average Bonchev–Trinajstić information content (AvgIpc) is 2.89. The van der Waals surface area contributed by atoms with E-state index in [4.69, 9.17) is 16.7 Å². The summed E-state index contributed by atoms with van der Waals surface area (Å²) in [5.41, 5.74) is 0.288. The van der Waals surface area contributed by atoms with Crippen molar-refractivity contribution in [2.75, 3.05) is 0 Å². The number of amides is 1. The van der Waals surface area contributed by atoms with Crippen molar-refractivity contribution in [2.45, 2.75) is 25.8 Å². The second-order valence-electron chi connectivity index (χ2n) is 4.91. The first kappa shape index (κ1) is 14.8. The number of aliphatic carboxylic acids is 1. The molecular formula is C14H15ClFNO3. The molecule has 1 amide bonds. The molecule has 1 saturated carbocycles. The number of carbonyl (C=O) groups is 2. The Kier molecular flexibility index (Phi) is 4.60. The fourth-order valence-electron chi connectivity index (χ4n) is 2.57. The summed E-state index contributed by atoms with van der Waals surface area (Å²) in [5.74, 6) is -3.02. The SMILES string of the molecule is O=C(O)C1CCCC1C(=O)NCc1cccc(Cl)c1F. The summed E-state index contributed by atoms with van der Waals surface area (Å²) in [7, 11) is 0. The van der Waals surface area contributed by atoms with Crippen molar-refractivity contribution in [2.24, 2.45) is 11.8 Å². The molecule has 6 heteroatoms. The number of carboxylic acids is 1. The minimum Gasteiger partial charge on any atom is -0.481 e. The van der Waals surface area contributed by atoms with E-state index in [1.807, 2.05) is 0 Å². The molecule has 2 unspecified atom stereocenters. The van der Waals surface area contributed by atoms with Crippen LogP contribution in [0.3, 0.4) is 0 Å². The lowest BCUT2D eigenvalue weighted by Gasteiger charge is -2.15. The van der Waals surface area contributed by atoms with Crippen LogP contribution in [-0.2, 0) is 16.1 Å². The number of hydrogen-bond donors (Lipinski definition) is 2. The molecule has 0 aliphatic heterocycles. The van der Waals surface area contributed by atoms with E-state index in [1.54, 1.807) is 6.07 Å². The van der Waals surface area contributed by atoms with Crippen LogP contribution in [0.15, 0.2) is 18.2 Å². The van der Waals surface area contributed by atoms with Gasteiger partial charge in [-0.1, -0.05) is 30.2 Å². The molecule has 0 bridgehead atoms. The van der Waals surface area contributed by atoms with Gasteiger partial charge in [0.2, 0.25) is 5.91 Å². The highest BCUT2D eigenvalue weighted by molar-refractivity contribution is 6.30. The summed E-state index contributed by atoms with van der Waals surface area (Å²) in [6.07, 6.45) is 1.79. The lowest BCUT2D eigenvalue weighted by molar-refractivity contribution is -0.146. The number of benzene rings is 1. The van der Waals surface area contributed by atoms with Gasteiger partial charge >= 0.3 is 5.97 Å². The predicted octanol–water partition coefficient (Wildman–Crippen LogP) is 2.60. The summed E-state index contributed by atoms with van der Waals surface area (Å²) >= 11 is 5.66. The molecule has 0 aromatic heterocycles. The molecule has 1 aromatic carbocycles. The monoisotopic (exact) mass is 299 g/mol. The van der Waals surface area contributed by atoms with E-state index in [2.05, 4.69) is 5.32 Å². The Morgan fingerprint density at radius 3 is 2.75 bits per heavy atom. The Labute approximate surface area is 120 Å². The summed E-state index contributed by atoms with van der Waals surface area (Å²) in [4.78, 5) is 23.0. The zero-order chi connectivity index (χ0) is 14.7. The topological polar surface area (TPSA) is 66.4 Å². The van der Waals surface area contributed by atoms with Crippen molar-refractivity contribution in [1.82, 2.24) is 5.32 Å². The van der Waals surface area contributed by atoms with E-state index in [0.29, 0.717) is 12.8 Å². The van der Waals surface area contributed by atoms with E-state index in [1.165, 1.54) is 12.1 Å². The highest BCUT2D eigenvalue weighted by Gasteiger charge is 2.37. The highest BCUT2D eigenvalue weighted by atomic mass is 35.5. The molecular weight excluding hydrogens is 285 g/mol. The second kappa shape index (κ2) is 6.22. The molecule has 1 aliphatic rings. The van der Waals surface area contributed by atoms with Crippen LogP contribution < -0.4 is 5.32 Å². The minimum absolute atomic E-state index is 0.000952. The molecule has 0 spiro atoms. The van der Waals surface area contributed by atoms with Crippen LogP contribution in [0.5, 0.6) is 0 Å². The molecule has 1 aromatic rings. The summed E-state index contributed by atoms with van der Waals surface area (Å²) in [6.45, 7) is 0.00800. The van der Waals surface area contributed by atoms with Gasteiger partial charge in [-0.25, -0.2) is 4.39 Å².